The second kappa shape index (κ2) is 8.22. The highest BCUT2D eigenvalue weighted by molar-refractivity contribution is 5.79. The molecule has 0 aliphatic carbocycles. The predicted octanol–water partition coefficient (Wildman–Crippen LogP) is 1.91. The first-order valence-corrected chi connectivity index (χ1v) is 7.65. The van der Waals surface area contributed by atoms with Crippen LogP contribution in [-0.2, 0) is 13.0 Å². The average molecular weight is 299 g/mol. The van der Waals surface area contributed by atoms with E-state index < -0.39 is 0 Å². The molecule has 0 atom stereocenters. The number of nitrogens with one attached hydrogen (secondary N) is 2. The van der Waals surface area contributed by atoms with Gasteiger partial charge in [0, 0.05) is 39.1 Å². The van der Waals surface area contributed by atoms with Gasteiger partial charge in [0.15, 0.2) is 5.96 Å². The largest absolute Gasteiger partial charge is 0.356 e. The van der Waals surface area contributed by atoms with Crippen molar-refractivity contribution >= 4 is 5.96 Å². The van der Waals surface area contributed by atoms with Crippen molar-refractivity contribution in [3.05, 3.63) is 53.6 Å². The summed E-state index contributed by atoms with van der Waals surface area (Å²) in [6.07, 6.45) is 6.55. The Morgan fingerprint density at radius 2 is 1.86 bits per heavy atom. The molecule has 0 saturated heterocycles. The Hall–Kier alpha value is -2.30. The highest BCUT2D eigenvalue weighted by atomic mass is 15.2. The summed E-state index contributed by atoms with van der Waals surface area (Å²) in [4.78, 5) is 8.27. The van der Waals surface area contributed by atoms with Crippen LogP contribution in [0.5, 0.6) is 0 Å². The first kappa shape index (κ1) is 16.1. The molecule has 0 aliphatic heterocycles. The van der Waals surface area contributed by atoms with Crippen LogP contribution in [0.15, 0.2) is 41.9 Å². The van der Waals surface area contributed by atoms with Gasteiger partial charge in [-0.1, -0.05) is 29.3 Å². The molecule has 1 aromatic heterocycles. The van der Waals surface area contributed by atoms with Gasteiger partial charge in [0.05, 0.1) is 6.33 Å². The minimum absolute atomic E-state index is 0.819. The second-order valence-corrected chi connectivity index (χ2v) is 5.47. The van der Waals surface area contributed by atoms with Gasteiger partial charge in [-0.25, -0.2) is 4.98 Å². The lowest BCUT2D eigenvalue weighted by atomic mass is 10.1. The van der Waals surface area contributed by atoms with Crippen LogP contribution in [0.1, 0.15) is 16.7 Å². The lowest BCUT2D eigenvalue weighted by molar-refractivity contribution is 0.661. The topological polar surface area (TPSA) is 54.2 Å². The van der Waals surface area contributed by atoms with Gasteiger partial charge in [-0.2, -0.15) is 0 Å². The Kier molecular flexibility index (Phi) is 6.01. The summed E-state index contributed by atoms with van der Waals surface area (Å²) >= 11 is 0. The maximum Gasteiger partial charge on any atom is 0.191 e. The van der Waals surface area contributed by atoms with E-state index in [1.165, 1.54) is 16.7 Å². The number of hydrogen-bond acceptors (Lipinski definition) is 2. The van der Waals surface area contributed by atoms with Crippen molar-refractivity contribution in [3.63, 3.8) is 0 Å². The van der Waals surface area contributed by atoms with Crippen LogP contribution < -0.4 is 10.6 Å². The van der Waals surface area contributed by atoms with Gasteiger partial charge in [-0.05, 0) is 25.8 Å². The van der Waals surface area contributed by atoms with Crippen LogP contribution in [0, 0.1) is 13.8 Å². The van der Waals surface area contributed by atoms with Crippen LogP contribution >= 0.6 is 0 Å². The molecule has 0 radical (unpaired) electrons. The van der Waals surface area contributed by atoms with E-state index in [1.807, 2.05) is 17.1 Å². The zero-order valence-corrected chi connectivity index (χ0v) is 13.6. The fraction of sp³-hybridized carbons (Fsp3) is 0.412. The molecule has 0 unspecified atom stereocenters. The molecule has 118 valence electrons. The molecule has 22 heavy (non-hydrogen) atoms. The van der Waals surface area contributed by atoms with Gasteiger partial charge in [-0.3, -0.25) is 4.99 Å². The number of imidazole rings is 1. The predicted molar refractivity (Wildman–Crippen MR) is 91.2 cm³/mol. The molecule has 0 fully saturated rings. The van der Waals surface area contributed by atoms with Crippen molar-refractivity contribution in [2.24, 2.45) is 4.99 Å². The van der Waals surface area contributed by atoms with E-state index in [9.17, 15) is 0 Å². The van der Waals surface area contributed by atoms with E-state index in [0.29, 0.717) is 0 Å². The number of aromatic nitrogens is 2. The number of aryl methyl sites for hydroxylation is 2. The quantitative estimate of drug-likeness (QED) is 0.633. The number of guanidine groups is 1. The Labute approximate surface area is 132 Å². The zero-order valence-electron chi connectivity index (χ0n) is 13.6. The maximum atomic E-state index is 4.24. The van der Waals surface area contributed by atoms with Crippen molar-refractivity contribution in [2.75, 3.05) is 20.1 Å². The lowest BCUT2D eigenvalue weighted by Gasteiger charge is -2.12. The van der Waals surface area contributed by atoms with E-state index >= 15 is 0 Å². The highest BCUT2D eigenvalue weighted by Crippen LogP contribution is 2.08. The Balaban J connectivity index is 1.72. The maximum absolute atomic E-state index is 4.24. The molecule has 0 saturated carbocycles. The zero-order chi connectivity index (χ0) is 15.8. The molecule has 0 amide bonds. The molecule has 2 rings (SSSR count). The normalized spacial score (nSPS) is 11.5. The molecule has 1 aromatic carbocycles. The monoisotopic (exact) mass is 299 g/mol. The smallest absolute Gasteiger partial charge is 0.191 e. The van der Waals surface area contributed by atoms with E-state index in [1.54, 1.807) is 13.2 Å². The lowest BCUT2D eigenvalue weighted by Crippen LogP contribution is -2.39. The fourth-order valence-corrected chi connectivity index (χ4v) is 2.48. The third-order valence-electron chi connectivity index (χ3n) is 3.43. The summed E-state index contributed by atoms with van der Waals surface area (Å²) in [6, 6.07) is 6.68. The van der Waals surface area contributed by atoms with Gasteiger partial charge in [0.25, 0.3) is 0 Å². The number of hydrogen-bond donors (Lipinski definition) is 2. The third-order valence-corrected chi connectivity index (χ3v) is 3.43. The van der Waals surface area contributed by atoms with E-state index in [4.69, 9.17) is 0 Å². The van der Waals surface area contributed by atoms with Gasteiger partial charge in [0.2, 0.25) is 0 Å². The molecular formula is C17H25N5. The van der Waals surface area contributed by atoms with Crippen molar-refractivity contribution in [2.45, 2.75) is 26.8 Å². The van der Waals surface area contributed by atoms with E-state index in [-0.39, 0.29) is 0 Å². The van der Waals surface area contributed by atoms with Crippen LogP contribution in [0.4, 0.5) is 0 Å². The third kappa shape index (κ3) is 5.24. The molecule has 0 bridgehead atoms. The summed E-state index contributed by atoms with van der Waals surface area (Å²) < 4.78 is 2.04. The van der Waals surface area contributed by atoms with E-state index in [2.05, 4.69) is 52.7 Å². The van der Waals surface area contributed by atoms with Crippen LogP contribution in [0.3, 0.4) is 0 Å². The van der Waals surface area contributed by atoms with Gasteiger partial charge in [0.1, 0.15) is 0 Å². The van der Waals surface area contributed by atoms with Crippen molar-refractivity contribution in [1.29, 1.82) is 0 Å². The summed E-state index contributed by atoms with van der Waals surface area (Å²) in [5.41, 5.74) is 3.99. The first-order valence-electron chi connectivity index (χ1n) is 7.65. The second-order valence-electron chi connectivity index (χ2n) is 5.47. The minimum atomic E-state index is 0.819. The van der Waals surface area contributed by atoms with E-state index in [0.717, 1.165) is 32.0 Å². The first-order chi connectivity index (χ1) is 10.7. The standard InChI is InChI=1S/C17H25N5/c1-14-10-15(2)12-16(11-14)4-5-20-17(18-3)21-7-9-22-8-6-19-13-22/h6,8,10-13H,4-5,7,9H2,1-3H3,(H2,18,20,21). The molecule has 0 spiro atoms. The van der Waals surface area contributed by atoms with Gasteiger partial charge in [-0.15, -0.1) is 0 Å². The van der Waals surface area contributed by atoms with Crippen molar-refractivity contribution < 1.29 is 0 Å². The molecular weight excluding hydrogens is 274 g/mol. The minimum Gasteiger partial charge on any atom is -0.356 e. The Bertz CT molecular complexity index is 581. The molecule has 0 aliphatic rings. The van der Waals surface area contributed by atoms with Gasteiger partial charge >= 0.3 is 0 Å². The summed E-state index contributed by atoms with van der Waals surface area (Å²) in [6.45, 7) is 6.84. The number of benzene rings is 1. The molecule has 5 nitrogen and oxygen atoms in total. The summed E-state index contributed by atoms with van der Waals surface area (Å²) in [7, 11) is 1.80. The summed E-state index contributed by atoms with van der Waals surface area (Å²) in [5, 5.41) is 6.66. The average Bonchev–Trinajstić information content (AvgIpc) is 2.98. The number of rotatable bonds is 6. The van der Waals surface area contributed by atoms with Crippen molar-refractivity contribution in [1.82, 2.24) is 20.2 Å². The summed E-state index contributed by atoms with van der Waals surface area (Å²) in [5.74, 6) is 0.837. The Morgan fingerprint density at radius 1 is 1.14 bits per heavy atom. The molecule has 1 heterocycles. The van der Waals surface area contributed by atoms with Crippen LogP contribution in [0.2, 0.25) is 0 Å². The molecule has 5 heteroatoms. The van der Waals surface area contributed by atoms with Gasteiger partial charge < -0.3 is 15.2 Å². The number of nitrogens with zero attached hydrogens (tertiary/aromatic N) is 3. The Morgan fingerprint density at radius 3 is 2.50 bits per heavy atom. The molecule has 2 aromatic rings. The fourth-order valence-electron chi connectivity index (χ4n) is 2.48. The molecule has 2 N–H and O–H groups in total. The van der Waals surface area contributed by atoms with Crippen LogP contribution in [0.25, 0.3) is 0 Å². The SMILES string of the molecule is CN=C(NCCc1cc(C)cc(C)c1)NCCn1ccnc1. The number of aliphatic imine (C=N–C) groups is 1. The highest BCUT2D eigenvalue weighted by Gasteiger charge is 1.99. The van der Waals surface area contributed by atoms with Crippen LogP contribution in [-0.4, -0.2) is 35.6 Å². The van der Waals surface area contributed by atoms with Crippen molar-refractivity contribution in [3.8, 4) is 0 Å².